The molecule has 2 aliphatic heterocycles. The normalized spacial score (nSPS) is 40.8. The van der Waals surface area contributed by atoms with Gasteiger partial charge in [-0.2, -0.15) is 0 Å². The number of para-hydroxylation sites is 1. The molecule has 1 saturated carbocycles. The molecule has 2 heterocycles. The van der Waals surface area contributed by atoms with Gasteiger partial charge in [0.2, 0.25) is 0 Å². The van der Waals surface area contributed by atoms with E-state index in [-0.39, 0.29) is 0 Å². The van der Waals surface area contributed by atoms with Crippen molar-refractivity contribution < 1.29 is 0 Å². The van der Waals surface area contributed by atoms with Gasteiger partial charge in [-0.15, -0.1) is 0 Å². The number of hydrogen-bond donors (Lipinski definition) is 2. The van der Waals surface area contributed by atoms with Crippen molar-refractivity contribution in [3.63, 3.8) is 0 Å². The van der Waals surface area contributed by atoms with Crippen molar-refractivity contribution in [2.24, 2.45) is 5.92 Å². The van der Waals surface area contributed by atoms with Crippen molar-refractivity contribution in [3.05, 3.63) is 29.8 Å². The van der Waals surface area contributed by atoms with E-state index in [1.807, 2.05) is 0 Å². The Labute approximate surface area is 90.1 Å². The maximum absolute atomic E-state index is 3.65. The summed E-state index contributed by atoms with van der Waals surface area (Å²) < 4.78 is 0. The number of fused-ring (bicyclic) bond motifs is 1. The Bertz CT molecular complexity index is 415. The van der Waals surface area contributed by atoms with Gasteiger partial charge in [0, 0.05) is 17.6 Å². The third-order valence-electron chi connectivity index (χ3n) is 4.68. The fourth-order valence-corrected chi connectivity index (χ4v) is 4.07. The number of nitrogens with one attached hydrogen (secondary N) is 2. The van der Waals surface area contributed by atoms with Crippen LogP contribution in [-0.2, 0) is 5.41 Å². The molecule has 0 aromatic heterocycles. The summed E-state index contributed by atoms with van der Waals surface area (Å²) in [5.41, 5.74) is 3.36. The summed E-state index contributed by atoms with van der Waals surface area (Å²) in [5, 5.41) is 7.29. The molecule has 0 radical (unpaired) electrons. The van der Waals surface area contributed by atoms with Crippen LogP contribution in [0.3, 0.4) is 0 Å². The lowest BCUT2D eigenvalue weighted by Gasteiger charge is -2.28. The summed E-state index contributed by atoms with van der Waals surface area (Å²) in [4.78, 5) is 0. The van der Waals surface area contributed by atoms with Crippen LogP contribution in [0, 0.1) is 5.92 Å². The van der Waals surface area contributed by atoms with Gasteiger partial charge < -0.3 is 5.32 Å². The van der Waals surface area contributed by atoms with E-state index in [1.54, 1.807) is 5.56 Å². The zero-order valence-corrected chi connectivity index (χ0v) is 8.79. The van der Waals surface area contributed by atoms with E-state index >= 15 is 0 Å². The molecule has 1 aromatic carbocycles. The summed E-state index contributed by atoms with van der Waals surface area (Å²) in [6.07, 6.45) is 4.67. The zero-order chi connectivity index (χ0) is 9.88. The fourth-order valence-electron chi connectivity index (χ4n) is 4.07. The second-order valence-corrected chi connectivity index (χ2v) is 5.16. The fraction of sp³-hybridized carbons (Fsp3) is 0.538. The molecule has 1 spiro atoms. The topological polar surface area (TPSA) is 24.1 Å². The van der Waals surface area contributed by atoms with Crippen molar-refractivity contribution in [1.82, 2.24) is 5.32 Å². The average molecular weight is 200 g/mol. The highest BCUT2D eigenvalue weighted by atomic mass is 15.2. The van der Waals surface area contributed by atoms with Crippen LogP contribution in [0.25, 0.3) is 0 Å². The molecular formula is C13H16N2. The van der Waals surface area contributed by atoms with Crippen molar-refractivity contribution in [3.8, 4) is 0 Å². The van der Waals surface area contributed by atoms with Gasteiger partial charge in [-0.3, -0.25) is 5.32 Å². The summed E-state index contributed by atoms with van der Waals surface area (Å²) >= 11 is 0. The number of rotatable bonds is 0. The Morgan fingerprint density at radius 3 is 3.20 bits per heavy atom. The monoisotopic (exact) mass is 200 g/mol. The highest BCUT2D eigenvalue weighted by Crippen LogP contribution is 2.56. The maximum atomic E-state index is 3.65. The first kappa shape index (κ1) is 8.17. The van der Waals surface area contributed by atoms with Gasteiger partial charge >= 0.3 is 0 Å². The quantitative estimate of drug-likeness (QED) is 0.670. The first-order chi connectivity index (χ1) is 7.41. The highest BCUT2D eigenvalue weighted by Gasteiger charge is 2.57. The minimum absolute atomic E-state index is 0.427. The van der Waals surface area contributed by atoms with Crippen LogP contribution >= 0.6 is 0 Å². The molecule has 1 aliphatic carbocycles. The number of anilines is 1. The first-order valence-corrected chi connectivity index (χ1v) is 6.01. The van der Waals surface area contributed by atoms with E-state index in [1.165, 1.54) is 31.5 Å². The van der Waals surface area contributed by atoms with Crippen LogP contribution in [0.5, 0.6) is 0 Å². The predicted octanol–water partition coefficient (Wildman–Crippen LogP) is 2.08. The van der Waals surface area contributed by atoms with Gasteiger partial charge in [-0.1, -0.05) is 24.6 Å². The molecule has 78 valence electrons. The Morgan fingerprint density at radius 2 is 2.20 bits per heavy atom. The van der Waals surface area contributed by atoms with E-state index in [9.17, 15) is 0 Å². The lowest BCUT2D eigenvalue weighted by molar-refractivity contribution is 0.369. The molecule has 4 rings (SSSR count). The molecule has 1 saturated heterocycles. The van der Waals surface area contributed by atoms with Crippen LogP contribution in [0.1, 0.15) is 24.8 Å². The van der Waals surface area contributed by atoms with Crippen LogP contribution in [0.4, 0.5) is 5.69 Å². The van der Waals surface area contributed by atoms with Gasteiger partial charge in [0.15, 0.2) is 0 Å². The SMILES string of the molecule is c1ccc2c(c1)N[C@H]1NC[C@@H]3CCC[C@@]231. The largest absolute Gasteiger partial charge is 0.369 e. The second kappa shape index (κ2) is 2.56. The lowest BCUT2D eigenvalue weighted by Crippen LogP contribution is -2.40. The molecule has 2 nitrogen and oxygen atoms in total. The Balaban J connectivity index is 1.95. The van der Waals surface area contributed by atoms with Crippen LogP contribution < -0.4 is 10.6 Å². The molecule has 1 aromatic rings. The van der Waals surface area contributed by atoms with E-state index in [0.717, 1.165) is 5.92 Å². The minimum Gasteiger partial charge on any atom is -0.369 e. The van der Waals surface area contributed by atoms with Gasteiger partial charge in [-0.25, -0.2) is 0 Å². The molecular weight excluding hydrogens is 184 g/mol. The van der Waals surface area contributed by atoms with Crippen molar-refractivity contribution in [2.45, 2.75) is 30.8 Å². The van der Waals surface area contributed by atoms with Gasteiger partial charge in [-0.05, 0) is 30.4 Å². The molecule has 0 unspecified atom stereocenters. The highest BCUT2D eigenvalue weighted by molar-refractivity contribution is 5.63. The number of hydrogen-bond acceptors (Lipinski definition) is 2. The third kappa shape index (κ3) is 0.809. The van der Waals surface area contributed by atoms with Gasteiger partial charge in [0.05, 0.1) is 6.17 Å². The van der Waals surface area contributed by atoms with E-state index in [0.29, 0.717) is 11.6 Å². The smallest absolute Gasteiger partial charge is 0.0871 e. The second-order valence-electron chi connectivity index (χ2n) is 5.16. The third-order valence-corrected chi connectivity index (χ3v) is 4.68. The summed E-state index contributed by atoms with van der Waals surface area (Å²) in [5.74, 6) is 0.860. The van der Waals surface area contributed by atoms with E-state index in [2.05, 4.69) is 34.9 Å². The summed E-state index contributed by atoms with van der Waals surface area (Å²) in [6, 6.07) is 8.87. The first-order valence-electron chi connectivity index (χ1n) is 6.01. The van der Waals surface area contributed by atoms with Crippen LogP contribution in [0.2, 0.25) is 0 Å². The Morgan fingerprint density at radius 1 is 1.27 bits per heavy atom. The maximum Gasteiger partial charge on any atom is 0.0871 e. The molecule has 2 fully saturated rings. The molecule has 3 aliphatic rings. The standard InChI is InChI=1S/C13H16N2/c1-2-6-11-10(5-1)13-7-3-4-9(13)8-14-12(13)15-11/h1-2,5-6,9,12,14-15H,3-4,7-8H2/t9-,12+,13-/m0/s1. The lowest BCUT2D eigenvalue weighted by atomic mass is 9.74. The van der Waals surface area contributed by atoms with Gasteiger partial charge in [0.25, 0.3) is 0 Å². The molecule has 0 bridgehead atoms. The summed E-state index contributed by atoms with van der Waals surface area (Å²) in [6.45, 7) is 1.20. The van der Waals surface area contributed by atoms with Crippen molar-refractivity contribution in [1.29, 1.82) is 0 Å². The van der Waals surface area contributed by atoms with Crippen molar-refractivity contribution in [2.75, 3.05) is 11.9 Å². The van der Waals surface area contributed by atoms with Crippen LogP contribution in [-0.4, -0.2) is 12.7 Å². The van der Waals surface area contributed by atoms with Gasteiger partial charge in [0.1, 0.15) is 0 Å². The average Bonchev–Trinajstić information content (AvgIpc) is 2.87. The van der Waals surface area contributed by atoms with E-state index in [4.69, 9.17) is 0 Å². The molecule has 2 heteroatoms. The molecule has 2 N–H and O–H groups in total. The molecule has 0 amide bonds. The summed E-state index contributed by atoms with van der Waals surface area (Å²) in [7, 11) is 0. The Kier molecular flexibility index (Phi) is 1.39. The van der Waals surface area contributed by atoms with Crippen molar-refractivity contribution >= 4 is 5.69 Å². The minimum atomic E-state index is 0.427. The molecule has 3 atom stereocenters. The zero-order valence-electron chi connectivity index (χ0n) is 8.79. The molecule has 15 heavy (non-hydrogen) atoms. The van der Waals surface area contributed by atoms with E-state index < -0.39 is 0 Å². The Hall–Kier alpha value is -1.02. The number of benzene rings is 1. The van der Waals surface area contributed by atoms with Crippen LogP contribution in [0.15, 0.2) is 24.3 Å². The predicted molar refractivity (Wildman–Crippen MR) is 60.9 cm³/mol.